The summed E-state index contributed by atoms with van der Waals surface area (Å²) in [5.74, 6) is -3.66. The first-order valence-electron chi connectivity index (χ1n) is 7.56. The van der Waals surface area contributed by atoms with E-state index in [-0.39, 0.29) is 44.7 Å². The Bertz CT molecular complexity index is 960. The number of carboxylic acid groups (broad SMARTS) is 1. The van der Waals surface area contributed by atoms with Crippen molar-refractivity contribution in [3.63, 3.8) is 0 Å². The van der Waals surface area contributed by atoms with Gasteiger partial charge in [0, 0.05) is 5.38 Å². The number of aliphatic carboxylic acids is 1. The van der Waals surface area contributed by atoms with Crippen LogP contribution in [0.1, 0.15) is 26.5 Å². The molecule has 0 spiro atoms. The second-order valence-electron chi connectivity index (χ2n) is 6.20. The molecular weight excluding hydrogens is 441 g/mol. The van der Waals surface area contributed by atoms with Crippen LogP contribution in [0.3, 0.4) is 0 Å². The maximum atomic E-state index is 12.5. The normalized spacial score (nSPS) is 19.8. The molecule has 1 aromatic rings. The Morgan fingerprint density at radius 2 is 2.07 bits per heavy atom. The first-order valence-corrected chi connectivity index (χ1v) is 9.84. The van der Waals surface area contributed by atoms with Gasteiger partial charge in [-0.3, -0.25) is 14.1 Å². The van der Waals surface area contributed by atoms with Gasteiger partial charge in [-0.05, 0) is 20.8 Å². The second-order valence-corrected chi connectivity index (χ2v) is 8.38. The summed E-state index contributed by atoms with van der Waals surface area (Å²) in [6.45, 7) is 3.56. The van der Waals surface area contributed by atoms with Gasteiger partial charge < -0.3 is 25.8 Å². The number of nitrogen functional groups attached to an aromatic ring is 1. The zero-order valence-corrected chi connectivity index (χ0v) is 19.4. The standard InChI is InChI=1S/C13H17N5O8S2.Na/c1-5-7(10(20)18(5)28(23,24)25)16-9(19)8(6-4-27-12(14)15-6)17-26-13(2,3)11(21)22;/h4-5,7H,1-3H3,(H2,14,15)(H,16,19)(H,21,22)(H,23,24,25);/q;+1/p-1. The van der Waals surface area contributed by atoms with Crippen LogP contribution in [0, 0.1) is 0 Å². The molecular formula is C13H16N5NaO8S2. The molecule has 0 bridgehead atoms. The third-order valence-corrected chi connectivity index (χ3v) is 5.39. The molecule has 1 fully saturated rings. The van der Waals surface area contributed by atoms with Crippen LogP contribution >= 0.6 is 11.3 Å². The summed E-state index contributed by atoms with van der Waals surface area (Å²) in [4.78, 5) is 44.2. The number of hydrogen-bond donors (Lipinski definition) is 3. The Morgan fingerprint density at radius 1 is 1.48 bits per heavy atom. The first kappa shape index (κ1) is 25.3. The van der Waals surface area contributed by atoms with Crippen LogP contribution in [0.2, 0.25) is 0 Å². The number of carbonyl (C=O) groups excluding carboxylic acids is 3. The third kappa shape index (κ3) is 5.43. The Hall–Kier alpha value is -1.78. The van der Waals surface area contributed by atoms with E-state index >= 15 is 0 Å². The molecule has 2 rings (SSSR count). The number of aromatic nitrogens is 1. The van der Waals surface area contributed by atoms with E-state index in [0.717, 1.165) is 25.2 Å². The van der Waals surface area contributed by atoms with E-state index in [2.05, 4.69) is 15.5 Å². The van der Waals surface area contributed by atoms with E-state index in [0.29, 0.717) is 0 Å². The van der Waals surface area contributed by atoms with Crippen molar-refractivity contribution in [2.75, 3.05) is 5.73 Å². The average Bonchev–Trinajstić information content (AvgIpc) is 2.97. The number of carbonyl (C=O) groups is 3. The number of nitrogens with zero attached hydrogens (tertiary/aromatic N) is 3. The Kier molecular flexibility index (Phi) is 7.78. The largest absolute Gasteiger partial charge is 1.00 e. The van der Waals surface area contributed by atoms with Crippen molar-refractivity contribution in [1.29, 1.82) is 0 Å². The van der Waals surface area contributed by atoms with E-state index in [1.54, 1.807) is 0 Å². The molecule has 2 amide bonds. The number of carboxylic acids is 1. The first-order chi connectivity index (χ1) is 12.8. The monoisotopic (exact) mass is 457 g/mol. The zero-order chi connectivity index (χ0) is 21.4. The number of amides is 2. The van der Waals surface area contributed by atoms with Gasteiger partial charge in [-0.2, -0.15) is 8.42 Å². The van der Waals surface area contributed by atoms with Crippen molar-refractivity contribution in [2.24, 2.45) is 5.16 Å². The number of rotatable bonds is 7. The summed E-state index contributed by atoms with van der Waals surface area (Å²) in [6.07, 6.45) is 0. The zero-order valence-electron chi connectivity index (χ0n) is 15.8. The van der Waals surface area contributed by atoms with Gasteiger partial charge in [0.2, 0.25) is 0 Å². The van der Waals surface area contributed by atoms with E-state index < -0.39 is 51.5 Å². The van der Waals surface area contributed by atoms with Crippen molar-refractivity contribution in [3.05, 3.63) is 11.1 Å². The predicted octanol–water partition coefficient (Wildman–Crippen LogP) is -5.50. The van der Waals surface area contributed by atoms with E-state index in [9.17, 15) is 27.9 Å². The summed E-state index contributed by atoms with van der Waals surface area (Å²) >= 11 is 0.967. The van der Waals surface area contributed by atoms with Crippen LogP contribution in [-0.4, -0.2) is 63.4 Å². The molecule has 2 atom stereocenters. The number of β-lactam (4-membered cyclic amide) rings is 1. The minimum absolute atomic E-state index is 0. The van der Waals surface area contributed by atoms with Gasteiger partial charge in [-0.1, -0.05) is 5.16 Å². The number of hydrogen-bond acceptors (Lipinski definition) is 11. The summed E-state index contributed by atoms with van der Waals surface area (Å²) in [7, 11) is -4.76. The Balaban J connectivity index is 0.00000420. The maximum absolute atomic E-state index is 12.5. The molecule has 1 aliphatic heterocycles. The van der Waals surface area contributed by atoms with Gasteiger partial charge in [0.15, 0.2) is 16.4 Å². The molecule has 29 heavy (non-hydrogen) atoms. The van der Waals surface area contributed by atoms with Crippen LogP contribution < -0.4 is 45.7 Å². The number of nitrogens with one attached hydrogen (secondary N) is 1. The van der Waals surface area contributed by atoms with E-state index in [4.69, 9.17) is 15.1 Å². The predicted molar refractivity (Wildman–Crippen MR) is 93.0 cm³/mol. The van der Waals surface area contributed by atoms with Crippen molar-refractivity contribution < 1.29 is 66.9 Å². The second kappa shape index (κ2) is 8.93. The molecule has 2 unspecified atom stereocenters. The molecule has 2 heterocycles. The number of anilines is 1. The van der Waals surface area contributed by atoms with Gasteiger partial charge in [0.05, 0.1) is 12.0 Å². The Morgan fingerprint density at radius 3 is 2.48 bits per heavy atom. The summed E-state index contributed by atoms with van der Waals surface area (Å²) in [5, 5.41) is 18.2. The quantitative estimate of drug-likeness (QED) is 0.116. The van der Waals surface area contributed by atoms with Crippen LogP contribution in [0.15, 0.2) is 10.5 Å². The smallest absolute Gasteiger partial charge is 0.546 e. The maximum Gasteiger partial charge on any atom is 1.00 e. The van der Waals surface area contributed by atoms with Gasteiger partial charge in [0.1, 0.15) is 11.7 Å². The Labute approximate surface area is 191 Å². The fourth-order valence-electron chi connectivity index (χ4n) is 2.11. The van der Waals surface area contributed by atoms with E-state index in [1.807, 2.05) is 0 Å². The van der Waals surface area contributed by atoms with Crippen LogP contribution in [0.25, 0.3) is 0 Å². The minimum atomic E-state index is -4.76. The van der Waals surface area contributed by atoms with Gasteiger partial charge >= 0.3 is 39.9 Å². The molecule has 13 nitrogen and oxygen atoms in total. The number of oxime groups is 1. The molecule has 0 aromatic carbocycles. The molecule has 0 radical (unpaired) electrons. The molecule has 1 saturated heterocycles. The van der Waals surface area contributed by atoms with Gasteiger partial charge in [-0.25, -0.2) is 9.29 Å². The third-order valence-electron chi connectivity index (χ3n) is 3.71. The molecule has 16 heteroatoms. The number of nitrogens with two attached hydrogens (primary N) is 1. The van der Waals surface area contributed by atoms with Crippen LogP contribution in [0.5, 0.6) is 0 Å². The number of thiazole rings is 1. The van der Waals surface area contributed by atoms with E-state index in [1.165, 1.54) is 12.3 Å². The van der Waals surface area contributed by atoms with Crippen LogP contribution in [0.4, 0.5) is 5.13 Å². The summed E-state index contributed by atoms with van der Waals surface area (Å²) in [5.41, 5.74) is 3.09. The SMILES string of the molecule is CC1C(NC(=O)C(=NOC(C)(C)C(=O)[O-])c2csc(N)n2)C(=O)N1S(=O)(=O)O.[Na+]. The van der Waals surface area contributed by atoms with Crippen molar-refractivity contribution in [3.8, 4) is 0 Å². The fraction of sp³-hybridized carbons (Fsp3) is 0.462. The van der Waals surface area contributed by atoms with Gasteiger partial charge in [-0.15, -0.1) is 11.3 Å². The van der Waals surface area contributed by atoms with Crippen molar-refractivity contribution in [1.82, 2.24) is 14.6 Å². The molecule has 1 aliphatic rings. The summed E-state index contributed by atoms with van der Waals surface area (Å²) < 4.78 is 31.4. The fourth-order valence-corrected chi connectivity index (χ4v) is 3.54. The molecule has 1 aromatic heterocycles. The minimum Gasteiger partial charge on any atom is -0.546 e. The average molecular weight is 457 g/mol. The molecule has 4 N–H and O–H groups in total. The van der Waals surface area contributed by atoms with Gasteiger partial charge in [0.25, 0.3) is 11.8 Å². The van der Waals surface area contributed by atoms with Crippen LogP contribution in [-0.2, 0) is 29.5 Å². The van der Waals surface area contributed by atoms with Crippen molar-refractivity contribution in [2.45, 2.75) is 38.5 Å². The topological polar surface area (TPSA) is 204 Å². The molecule has 154 valence electrons. The molecule has 0 aliphatic carbocycles. The van der Waals surface area contributed by atoms with Crippen molar-refractivity contribution >= 4 is 50.3 Å². The summed E-state index contributed by atoms with van der Waals surface area (Å²) in [6, 6.07) is -2.33. The molecule has 0 saturated carbocycles.